The molecule has 0 aliphatic carbocycles. The molecule has 22 heavy (non-hydrogen) atoms. The van der Waals surface area contributed by atoms with Crippen molar-refractivity contribution in [2.45, 2.75) is 69.7 Å². The van der Waals surface area contributed by atoms with E-state index in [4.69, 9.17) is 9.47 Å². The monoisotopic (exact) mass is 318 g/mol. The van der Waals surface area contributed by atoms with Crippen molar-refractivity contribution in [2.24, 2.45) is 0 Å². The van der Waals surface area contributed by atoms with Crippen LogP contribution in [0.15, 0.2) is 12.2 Å². The molecule has 5 atom stereocenters. The summed E-state index contributed by atoms with van der Waals surface area (Å²) >= 11 is 0. The zero-order chi connectivity index (χ0) is 16.9. The molecule has 0 radical (unpaired) electrons. The lowest BCUT2D eigenvalue weighted by Crippen LogP contribution is -2.66. The van der Waals surface area contributed by atoms with Crippen LogP contribution < -0.4 is 0 Å². The van der Waals surface area contributed by atoms with Gasteiger partial charge in [0.2, 0.25) is 5.79 Å². The van der Waals surface area contributed by atoms with E-state index in [1.807, 2.05) is 6.92 Å². The van der Waals surface area contributed by atoms with Crippen molar-refractivity contribution in [2.75, 3.05) is 6.61 Å². The highest BCUT2D eigenvalue weighted by atomic mass is 16.7. The summed E-state index contributed by atoms with van der Waals surface area (Å²) in [4.78, 5) is 11.9. The second kappa shape index (κ2) is 8.03. The zero-order valence-electron chi connectivity index (χ0n) is 13.1. The number of esters is 1. The molecule has 0 amide bonds. The van der Waals surface area contributed by atoms with Crippen LogP contribution in [0.1, 0.15) is 39.5 Å². The number of hydrogen-bond donors (Lipinski definition) is 4. The van der Waals surface area contributed by atoms with E-state index >= 15 is 0 Å². The lowest BCUT2D eigenvalue weighted by Gasteiger charge is -2.47. The van der Waals surface area contributed by atoms with Gasteiger partial charge >= 0.3 is 5.97 Å². The number of hydrogen-bond acceptors (Lipinski definition) is 7. The summed E-state index contributed by atoms with van der Waals surface area (Å²) in [6.07, 6.45) is -3.41. The largest absolute Gasteiger partial charge is 0.427 e. The predicted molar refractivity (Wildman–Crippen MR) is 77.8 cm³/mol. The quantitative estimate of drug-likeness (QED) is 0.293. The Balaban J connectivity index is 3.04. The van der Waals surface area contributed by atoms with Crippen LogP contribution in [0.3, 0.4) is 0 Å². The van der Waals surface area contributed by atoms with Gasteiger partial charge in [0.15, 0.2) is 0 Å². The van der Waals surface area contributed by atoms with E-state index in [1.165, 1.54) is 6.92 Å². The first kappa shape index (κ1) is 19.1. The van der Waals surface area contributed by atoms with Crippen molar-refractivity contribution in [1.29, 1.82) is 0 Å². The fourth-order valence-electron chi connectivity index (χ4n) is 2.42. The molecule has 0 aromatic heterocycles. The first-order chi connectivity index (χ1) is 10.3. The molecule has 4 N–H and O–H groups in total. The molecule has 0 aromatic carbocycles. The van der Waals surface area contributed by atoms with Crippen LogP contribution in [0.25, 0.3) is 0 Å². The minimum Gasteiger partial charge on any atom is -0.427 e. The molecule has 7 nitrogen and oxygen atoms in total. The Morgan fingerprint density at radius 1 is 1.27 bits per heavy atom. The third kappa shape index (κ3) is 4.05. The van der Waals surface area contributed by atoms with Crippen LogP contribution in [0, 0.1) is 0 Å². The normalized spacial score (nSPS) is 35.2. The van der Waals surface area contributed by atoms with Gasteiger partial charge in [0.1, 0.15) is 24.4 Å². The van der Waals surface area contributed by atoms with Crippen molar-refractivity contribution in [3.63, 3.8) is 0 Å². The molecule has 1 aliphatic heterocycles. The van der Waals surface area contributed by atoms with E-state index in [0.29, 0.717) is 6.42 Å². The molecule has 1 fully saturated rings. The van der Waals surface area contributed by atoms with E-state index < -0.39 is 42.8 Å². The smallest absolute Gasteiger partial charge is 0.335 e. The summed E-state index contributed by atoms with van der Waals surface area (Å²) in [7, 11) is 0. The third-order valence-corrected chi connectivity index (χ3v) is 3.78. The highest BCUT2D eigenvalue weighted by Gasteiger charge is 2.55. The molecule has 0 spiro atoms. The van der Waals surface area contributed by atoms with Crippen molar-refractivity contribution in [3.8, 4) is 0 Å². The van der Waals surface area contributed by atoms with E-state index in [0.717, 1.165) is 12.8 Å². The van der Waals surface area contributed by atoms with Crippen molar-refractivity contribution in [1.82, 2.24) is 0 Å². The Labute approximate surface area is 130 Å². The molecule has 1 aliphatic rings. The number of aliphatic hydroxyl groups is 4. The highest BCUT2D eigenvalue weighted by molar-refractivity contribution is 5.87. The van der Waals surface area contributed by atoms with E-state index in [-0.39, 0.29) is 12.0 Å². The fraction of sp³-hybridized carbons (Fsp3) is 0.800. The lowest BCUT2D eigenvalue weighted by molar-refractivity contribution is -0.353. The molecular formula is C15H26O7. The molecule has 0 bridgehead atoms. The number of rotatable bonds is 7. The van der Waals surface area contributed by atoms with Gasteiger partial charge in [-0.05, 0) is 13.3 Å². The van der Waals surface area contributed by atoms with Crippen LogP contribution in [0.5, 0.6) is 0 Å². The van der Waals surface area contributed by atoms with Gasteiger partial charge in [0.05, 0.1) is 6.61 Å². The molecule has 1 unspecified atom stereocenters. The maximum Gasteiger partial charge on any atom is 0.335 e. The van der Waals surface area contributed by atoms with E-state index in [1.54, 1.807) is 0 Å². The molecule has 7 heteroatoms. The summed E-state index contributed by atoms with van der Waals surface area (Å²) < 4.78 is 10.7. The number of carbonyl (C=O) groups excluding carboxylic acids is 1. The SMILES string of the molecule is C=C(C)C(=O)OC1(CCCCC)O[C@H](CO)[C@@H](O)[C@H](O)[C@@H]1O. The average molecular weight is 318 g/mol. The second-order valence-corrected chi connectivity index (χ2v) is 5.70. The maximum absolute atomic E-state index is 11.9. The van der Waals surface area contributed by atoms with Crippen molar-refractivity contribution < 1.29 is 34.7 Å². The Kier molecular flexibility index (Phi) is 6.96. The Morgan fingerprint density at radius 3 is 2.41 bits per heavy atom. The number of unbranched alkanes of at least 4 members (excludes halogenated alkanes) is 2. The average Bonchev–Trinajstić information content (AvgIpc) is 2.48. The topological polar surface area (TPSA) is 116 Å². The summed E-state index contributed by atoms with van der Waals surface area (Å²) in [5.74, 6) is -2.58. The summed E-state index contributed by atoms with van der Waals surface area (Å²) in [6.45, 7) is 6.33. The first-order valence-electron chi connectivity index (χ1n) is 7.50. The molecule has 1 saturated heterocycles. The van der Waals surface area contributed by atoms with Gasteiger partial charge in [-0.2, -0.15) is 0 Å². The molecule has 1 heterocycles. The van der Waals surface area contributed by atoms with Gasteiger partial charge in [-0.3, -0.25) is 0 Å². The number of aliphatic hydroxyl groups excluding tert-OH is 4. The summed E-state index contributed by atoms with van der Waals surface area (Å²) in [5.41, 5.74) is 0.117. The summed E-state index contributed by atoms with van der Waals surface area (Å²) in [5, 5.41) is 39.3. The Morgan fingerprint density at radius 2 is 1.91 bits per heavy atom. The maximum atomic E-state index is 11.9. The van der Waals surface area contributed by atoms with Crippen LogP contribution in [-0.2, 0) is 14.3 Å². The van der Waals surface area contributed by atoms with Crippen LogP contribution in [-0.4, -0.2) is 63.2 Å². The fourth-order valence-corrected chi connectivity index (χ4v) is 2.42. The lowest BCUT2D eigenvalue weighted by atomic mass is 9.89. The van der Waals surface area contributed by atoms with E-state index in [2.05, 4.69) is 6.58 Å². The third-order valence-electron chi connectivity index (χ3n) is 3.78. The molecule has 1 rings (SSSR count). The van der Waals surface area contributed by atoms with Crippen LogP contribution >= 0.6 is 0 Å². The van der Waals surface area contributed by atoms with E-state index in [9.17, 15) is 25.2 Å². The van der Waals surface area contributed by atoms with Gasteiger partial charge in [-0.25, -0.2) is 4.79 Å². The van der Waals surface area contributed by atoms with Crippen molar-refractivity contribution >= 4 is 5.97 Å². The van der Waals surface area contributed by atoms with Crippen LogP contribution in [0.4, 0.5) is 0 Å². The van der Waals surface area contributed by atoms with Gasteiger partial charge in [0.25, 0.3) is 0 Å². The predicted octanol–water partition coefficient (Wildman–Crippen LogP) is -0.144. The zero-order valence-corrected chi connectivity index (χ0v) is 13.1. The Bertz CT molecular complexity index is 395. The second-order valence-electron chi connectivity index (χ2n) is 5.70. The Hall–Kier alpha value is -0.990. The molecule has 0 aromatic rings. The number of carbonyl (C=O) groups is 1. The molecule has 0 saturated carbocycles. The van der Waals surface area contributed by atoms with Gasteiger partial charge in [-0.1, -0.05) is 26.3 Å². The first-order valence-corrected chi connectivity index (χ1v) is 7.50. The standard InChI is InChI=1S/C15H26O7/c1-4-5-6-7-15(22-14(20)9(2)3)13(19)12(18)11(17)10(8-16)21-15/h10-13,16-19H,2,4-8H2,1,3H3/t10-,11-,12+,13+,15?/m1/s1. The van der Waals surface area contributed by atoms with Gasteiger partial charge in [-0.15, -0.1) is 0 Å². The minimum atomic E-state index is -1.81. The van der Waals surface area contributed by atoms with Crippen LogP contribution in [0.2, 0.25) is 0 Å². The van der Waals surface area contributed by atoms with Gasteiger partial charge in [0, 0.05) is 12.0 Å². The molecular weight excluding hydrogens is 292 g/mol. The molecule has 128 valence electrons. The summed E-state index contributed by atoms with van der Waals surface area (Å²) in [6, 6.07) is 0. The highest BCUT2D eigenvalue weighted by Crippen LogP contribution is 2.36. The number of ether oxygens (including phenoxy) is 2. The van der Waals surface area contributed by atoms with Gasteiger partial charge < -0.3 is 29.9 Å². The van der Waals surface area contributed by atoms with Crippen molar-refractivity contribution in [3.05, 3.63) is 12.2 Å². The minimum absolute atomic E-state index is 0.117.